The highest BCUT2D eigenvalue weighted by molar-refractivity contribution is 6.04. The lowest BCUT2D eigenvalue weighted by atomic mass is 9.63. The molecule has 1 aliphatic carbocycles. The van der Waals surface area contributed by atoms with Crippen LogP contribution in [0.5, 0.6) is 0 Å². The second-order valence-electron chi connectivity index (χ2n) is 11.6. The molecule has 3 heterocycles. The summed E-state index contributed by atoms with van der Waals surface area (Å²) in [6.07, 6.45) is 10.0. The molecular weight excluding hydrogens is 514 g/mol. The van der Waals surface area contributed by atoms with Crippen LogP contribution in [0.15, 0.2) is 61.1 Å². The van der Waals surface area contributed by atoms with Crippen molar-refractivity contribution in [3.8, 4) is 11.3 Å². The molecule has 1 saturated carbocycles. The molecule has 9 nitrogen and oxygen atoms in total. The van der Waals surface area contributed by atoms with E-state index >= 15 is 0 Å². The Morgan fingerprint density at radius 1 is 1.10 bits per heavy atom. The number of aromatic nitrogens is 4. The number of rotatable bonds is 7. The molecule has 3 N–H and O–H groups in total. The van der Waals surface area contributed by atoms with Gasteiger partial charge in [0, 0.05) is 67.4 Å². The van der Waals surface area contributed by atoms with Gasteiger partial charge >= 0.3 is 0 Å². The van der Waals surface area contributed by atoms with E-state index in [0.29, 0.717) is 23.3 Å². The molecule has 2 aromatic carbocycles. The van der Waals surface area contributed by atoms with Crippen LogP contribution in [-0.2, 0) is 18.3 Å². The number of carbonyl (C=O) groups excluding carboxylic acids is 2. The molecule has 1 amide bonds. The van der Waals surface area contributed by atoms with Crippen LogP contribution in [0.4, 0.5) is 17.3 Å². The molecule has 1 spiro atoms. The zero-order chi connectivity index (χ0) is 28.6. The van der Waals surface area contributed by atoms with Crippen molar-refractivity contribution < 1.29 is 9.59 Å². The number of nitrogens with zero attached hydrogens (tertiary/aromatic N) is 4. The number of benzene rings is 2. The molecule has 1 unspecified atom stereocenters. The third-order valence-corrected chi connectivity index (χ3v) is 8.32. The zero-order valence-electron chi connectivity index (χ0n) is 23.7. The van der Waals surface area contributed by atoms with E-state index in [0.717, 1.165) is 72.4 Å². The molecule has 1 atom stereocenters. The van der Waals surface area contributed by atoms with Crippen LogP contribution in [0, 0.1) is 19.3 Å². The van der Waals surface area contributed by atoms with Crippen molar-refractivity contribution in [1.82, 2.24) is 25.1 Å². The number of amides is 1. The number of aryl methyl sites for hydroxylation is 3. The SMILES string of the molecule is Cc1ccc(CC2CCC3(CN2)CC(=O)C3)cc1NC(=O)c1ccc(Nc2ncc(C)c(-c3cnn(C)c3)n2)cc1. The van der Waals surface area contributed by atoms with E-state index in [1.165, 1.54) is 5.56 Å². The average Bonchev–Trinajstić information content (AvgIpc) is 3.38. The Hall–Kier alpha value is -4.37. The fourth-order valence-electron chi connectivity index (χ4n) is 5.87. The van der Waals surface area contributed by atoms with E-state index in [4.69, 9.17) is 0 Å². The zero-order valence-corrected chi connectivity index (χ0v) is 23.7. The van der Waals surface area contributed by atoms with Crippen molar-refractivity contribution in [2.24, 2.45) is 12.5 Å². The maximum absolute atomic E-state index is 13.1. The van der Waals surface area contributed by atoms with Crippen LogP contribution >= 0.6 is 0 Å². The molecule has 1 saturated heterocycles. The number of carbonyl (C=O) groups is 2. The number of hydrogen-bond acceptors (Lipinski definition) is 7. The molecule has 0 radical (unpaired) electrons. The van der Waals surface area contributed by atoms with E-state index in [2.05, 4.69) is 49.2 Å². The predicted molar refractivity (Wildman–Crippen MR) is 159 cm³/mol. The van der Waals surface area contributed by atoms with Gasteiger partial charge in [-0.1, -0.05) is 12.1 Å². The van der Waals surface area contributed by atoms with Crippen LogP contribution in [-0.4, -0.2) is 44.0 Å². The smallest absolute Gasteiger partial charge is 0.255 e. The number of anilines is 3. The van der Waals surface area contributed by atoms with Gasteiger partial charge in [-0.15, -0.1) is 0 Å². The molecule has 4 aromatic rings. The minimum Gasteiger partial charge on any atom is -0.324 e. The molecule has 2 aliphatic rings. The molecule has 2 aromatic heterocycles. The van der Waals surface area contributed by atoms with E-state index in [1.54, 1.807) is 29.2 Å². The van der Waals surface area contributed by atoms with Gasteiger partial charge in [0.05, 0.1) is 11.9 Å². The minimum atomic E-state index is -0.158. The molecular formula is C32H35N7O2. The van der Waals surface area contributed by atoms with Crippen LogP contribution in [0.2, 0.25) is 0 Å². The molecule has 9 heteroatoms. The normalized spacial score (nSPS) is 17.7. The summed E-state index contributed by atoms with van der Waals surface area (Å²) >= 11 is 0. The van der Waals surface area contributed by atoms with Gasteiger partial charge in [-0.25, -0.2) is 9.97 Å². The summed E-state index contributed by atoms with van der Waals surface area (Å²) in [5, 5.41) is 14.2. The van der Waals surface area contributed by atoms with Gasteiger partial charge in [-0.3, -0.25) is 14.3 Å². The fourth-order valence-corrected chi connectivity index (χ4v) is 5.87. The van der Waals surface area contributed by atoms with Gasteiger partial charge in [0.1, 0.15) is 5.78 Å². The number of ketones is 1. The van der Waals surface area contributed by atoms with E-state index in [-0.39, 0.29) is 11.3 Å². The average molecular weight is 550 g/mol. The first-order valence-electron chi connectivity index (χ1n) is 14.1. The predicted octanol–water partition coefficient (Wildman–Crippen LogP) is 5.13. The second kappa shape index (κ2) is 10.9. The van der Waals surface area contributed by atoms with E-state index < -0.39 is 0 Å². The summed E-state index contributed by atoms with van der Waals surface area (Å²) < 4.78 is 1.74. The lowest BCUT2D eigenvalue weighted by Gasteiger charge is -2.46. The van der Waals surface area contributed by atoms with Crippen LogP contribution < -0.4 is 16.0 Å². The lowest BCUT2D eigenvalue weighted by Crippen LogP contribution is -2.52. The Morgan fingerprint density at radius 3 is 2.59 bits per heavy atom. The Morgan fingerprint density at radius 2 is 1.90 bits per heavy atom. The largest absolute Gasteiger partial charge is 0.324 e. The van der Waals surface area contributed by atoms with Crippen molar-refractivity contribution in [3.05, 3.63) is 83.3 Å². The monoisotopic (exact) mass is 549 g/mol. The highest BCUT2D eigenvalue weighted by atomic mass is 16.1. The van der Waals surface area contributed by atoms with Crippen molar-refractivity contribution in [1.29, 1.82) is 0 Å². The Bertz CT molecular complexity index is 1590. The Labute approximate surface area is 239 Å². The molecule has 0 bridgehead atoms. The van der Waals surface area contributed by atoms with Crippen LogP contribution in [0.25, 0.3) is 11.3 Å². The van der Waals surface area contributed by atoms with Crippen molar-refractivity contribution >= 4 is 29.0 Å². The summed E-state index contributed by atoms with van der Waals surface area (Å²) in [5.41, 5.74) is 7.30. The van der Waals surface area contributed by atoms with Gasteiger partial charge < -0.3 is 16.0 Å². The van der Waals surface area contributed by atoms with E-state index in [1.807, 2.05) is 39.2 Å². The Balaban J connectivity index is 1.07. The first-order chi connectivity index (χ1) is 19.7. The fraction of sp³-hybridized carbons (Fsp3) is 0.344. The van der Waals surface area contributed by atoms with Crippen molar-refractivity contribution in [2.75, 3.05) is 17.2 Å². The first kappa shape index (κ1) is 26.8. The summed E-state index contributed by atoms with van der Waals surface area (Å²) in [6, 6.07) is 14.0. The van der Waals surface area contributed by atoms with Crippen LogP contribution in [0.1, 0.15) is 52.7 Å². The van der Waals surface area contributed by atoms with Gasteiger partial charge in [-0.2, -0.15) is 5.10 Å². The molecule has 210 valence electrons. The van der Waals surface area contributed by atoms with Gasteiger partial charge in [-0.05, 0) is 85.5 Å². The van der Waals surface area contributed by atoms with E-state index in [9.17, 15) is 9.59 Å². The highest BCUT2D eigenvalue weighted by Crippen LogP contribution is 2.44. The summed E-state index contributed by atoms with van der Waals surface area (Å²) in [4.78, 5) is 33.7. The lowest BCUT2D eigenvalue weighted by molar-refractivity contribution is -0.134. The number of nitrogens with one attached hydrogen (secondary N) is 3. The van der Waals surface area contributed by atoms with Crippen molar-refractivity contribution in [3.63, 3.8) is 0 Å². The molecule has 1 aliphatic heterocycles. The molecule has 41 heavy (non-hydrogen) atoms. The number of hydrogen-bond donors (Lipinski definition) is 3. The second-order valence-corrected chi connectivity index (χ2v) is 11.6. The minimum absolute atomic E-state index is 0.158. The van der Waals surface area contributed by atoms with Gasteiger partial charge in [0.15, 0.2) is 0 Å². The quantitative estimate of drug-likeness (QED) is 0.293. The highest BCUT2D eigenvalue weighted by Gasteiger charge is 2.45. The molecule has 6 rings (SSSR count). The third kappa shape index (κ3) is 5.90. The van der Waals surface area contributed by atoms with Crippen LogP contribution in [0.3, 0.4) is 0 Å². The first-order valence-corrected chi connectivity index (χ1v) is 14.1. The third-order valence-electron chi connectivity index (χ3n) is 8.32. The summed E-state index contributed by atoms with van der Waals surface area (Å²) in [7, 11) is 1.87. The molecule has 2 fully saturated rings. The maximum Gasteiger partial charge on any atom is 0.255 e. The topological polar surface area (TPSA) is 114 Å². The van der Waals surface area contributed by atoms with Crippen molar-refractivity contribution in [2.45, 2.75) is 52.0 Å². The summed E-state index contributed by atoms with van der Waals surface area (Å²) in [5.74, 6) is 0.711. The van der Waals surface area contributed by atoms with Gasteiger partial charge in [0.25, 0.3) is 5.91 Å². The Kier molecular flexibility index (Phi) is 7.13. The number of Topliss-reactive ketones (excluding diaryl/α,β-unsaturated/α-hetero) is 1. The maximum atomic E-state index is 13.1. The number of piperidine rings is 1. The van der Waals surface area contributed by atoms with Gasteiger partial charge in [0.2, 0.25) is 5.95 Å². The standard InChI is InChI=1S/C32H35N7O2/c1-20-4-5-22(12-26-10-11-32(19-34-26)14-27(40)15-32)13-28(20)37-30(41)23-6-8-25(9-7-23)36-31-33-16-21(2)29(38-31)24-17-35-39(3)18-24/h4-9,13,16-18,26,34H,10-12,14-15,19H2,1-3H3,(H,37,41)(H,33,36,38). The summed E-state index contributed by atoms with van der Waals surface area (Å²) in [6.45, 7) is 4.90.